The molecule has 3 N–H and O–H groups in total. The normalized spacial score (nSPS) is 10.7. The van der Waals surface area contributed by atoms with Crippen molar-refractivity contribution in [3.05, 3.63) is 60.0 Å². The van der Waals surface area contributed by atoms with Gasteiger partial charge in [0.05, 0.1) is 7.11 Å². The predicted molar refractivity (Wildman–Crippen MR) is 97.1 cm³/mol. The highest BCUT2D eigenvalue weighted by atomic mass is 19.1. The molecule has 0 saturated carbocycles. The van der Waals surface area contributed by atoms with Crippen molar-refractivity contribution in [2.24, 2.45) is 0 Å². The molecule has 5 heteroatoms. The number of anilines is 1. The predicted octanol–water partition coefficient (Wildman–Crippen LogP) is 4.41. The summed E-state index contributed by atoms with van der Waals surface area (Å²) >= 11 is 0. The van der Waals surface area contributed by atoms with Gasteiger partial charge in [0, 0.05) is 29.0 Å². The molecule has 0 spiro atoms. The maximum atomic E-state index is 14.6. The first-order valence-corrected chi connectivity index (χ1v) is 7.95. The third kappa shape index (κ3) is 3.13. The number of aromatic nitrogens is 1. The summed E-state index contributed by atoms with van der Waals surface area (Å²) in [4.78, 5) is 4.26. The number of hydrogen-bond acceptors (Lipinski definition) is 4. The highest BCUT2D eigenvalue weighted by Crippen LogP contribution is 2.37. The fourth-order valence-electron chi connectivity index (χ4n) is 2.96. The molecule has 0 aliphatic heterocycles. The lowest BCUT2D eigenvalue weighted by molar-refractivity contribution is 0.411. The summed E-state index contributed by atoms with van der Waals surface area (Å²) < 4.78 is 19.6. The Morgan fingerprint density at radius 1 is 1.12 bits per heavy atom. The molecule has 3 aromatic rings. The molecule has 25 heavy (non-hydrogen) atoms. The molecule has 1 aromatic heterocycles. The number of phenolic OH excluding ortho intramolecular Hbond substituents is 1. The van der Waals surface area contributed by atoms with E-state index in [2.05, 4.69) is 4.98 Å². The van der Waals surface area contributed by atoms with E-state index >= 15 is 0 Å². The molecule has 0 unspecified atom stereocenters. The highest BCUT2D eigenvalue weighted by molar-refractivity contribution is 5.84. The summed E-state index contributed by atoms with van der Waals surface area (Å²) in [5, 5.41) is 9.51. The van der Waals surface area contributed by atoms with Crippen LogP contribution >= 0.6 is 0 Å². The number of ether oxygens (including phenoxy) is 1. The smallest absolute Gasteiger partial charge is 0.134 e. The molecule has 0 saturated heterocycles. The first kappa shape index (κ1) is 16.8. The van der Waals surface area contributed by atoms with Gasteiger partial charge in [0.2, 0.25) is 0 Å². The van der Waals surface area contributed by atoms with E-state index in [0.717, 1.165) is 16.7 Å². The standard InChI is InChI=1S/C20H19FN2O2/c1-3-15-17(16-9-8-14(25-2)10-18(16)21)11-23-20(22)19(15)12-4-6-13(24)7-5-12/h4-11,24H,3H2,1-2H3,(H2,22,23). The Bertz CT molecular complexity index is 908. The van der Waals surface area contributed by atoms with Gasteiger partial charge in [-0.2, -0.15) is 0 Å². The molecule has 3 rings (SSSR count). The molecule has 0 aliphatic rings. The largest absolute Gasteiger partial charge is 0.508 e. The van der Waals surface area contributed by atoms with Crippen LogP contribution in [0.25, 0.3) is 22.3 Å². The molecule has 2 aromatic carbocycles. The van der Waals surface area contributed by atoms with Gasteiger partial charge in [0.1, 0.15) is 23.1 Å². The van der Waals surface area contributed by atoms with Gasteiger partial charge >= 0.3 is 0 Å². The SMILES string of the molecule is CCc1c(-c2ccc(OC)cc2F)cnc(N)c1-c1ccc(O)cc1. The van der Waals surface area contributed by atoms with E-state index < -0.39 is 0 Å². The van der Waals surface area contributed by atoms with E-state index in [1.165, 1.54) is 13.2 Å². The Kier molecular flexibility index (Phi) is 4.57. The van der Waals surface area contributed by atoms with Crippen LogP contribution in [-0.2, 0) is 6.42 Å². The summed E-state index contributed by atoms with van der Waals surface area (Å²) in [6, 6.07) is 11.5. The van der Waals surface area contributed by atoms with Crippen molar-refractivity contribution >= 4 is 5.82 Å². The molecule has 0 amide bonds. The maximum absolute atomic E-state index is 14.6. The lowest BCUT2D eigenvalue weighted by atomic mass is 9.91. The van der Waals surface area contributed by atoms with Crippen LogP contribution in [0.15, 0.2) is 48.7 Å². The summed E-state index contributed by atoms with van der Waals surface area (Å²) in [6.07, 6.45) is 2.26. The number of halogens is 1. The topological polar surface area (TPSA) is 68.4 Å². The number of nitrogens with two attached hydrogens (primary N) is 1. The molecule has 0 radical (unpaired) electrons. The zero-order valence-corrected chi connectivity index (χ0v) is 14.1. The van der Waals surface area contributed by atoms with Crippen molar-refractivity contribution in [1.82, 2.24) is 4.98 Å². The van der Waals surface area contributed by atoms with Crippen molar-refractivity contribution in [1.29, 1.82) is 0 Å². The number of nitrogen functional groups attached to an aromatic ring is 1. The minimum absolute atomic E-state index is 0.172. The van der Waals surface area contributed by atoms with Crippen LogP contribution in [0.3, 0.4) is 0 Å². The van der Waals surface area contributed by atoms with Crippen LogP contribution in [-0.4, -0.2) is 17.2 Å². The number of nitrogens with zero attached hydrogens (tertiary/aromatic N) is 1. The molecular weight excluding hydrogens is 319 g/mol. The van der Waals surface area contributed by atoms with E-state index in [1.807, 2.05) is 6.92 Å². The Hall–Kier alpha value is -3.08. The third-order valence-corrected chi connectivity index (χ3v) is 4.19. The van der Waals surface area contributed by atoms with Gasteiger partial charge in [-0.25, -0.2) is 9.37 Å². The van der Waals surface area contributed by atoms with Crippen molar-refractivity contribution in [2.45, 2.75) is 13.3 Å². The fourth-order valence-corrected chi connectivity index (χ4v) is 2.96. The van der Waals surface area contributed by atoms with Gasteiger partial charge in [-0.05, 0) is 41.8 Å². The van der Waals surface area contributed by atoms with Crippen LogP contribution < -0.4 is 10.5 Å². The average molecular weight is 338 g/mol. The molecule has 0 fully saturated rings. The number of phenols is 1. The molecule has 4 nitrogen and oxygen atoms in total. The quantitative estimate of drug-likeness (QED) is 0.739. The van der Waals surface area contributed by atoms with Crippen LogP contribution in [0.2, 0.25) is 0 Å². The Labute approximate surface area is 145 Å². The molecule has 0 bridgehead atoms. The number of pyridine rings is 1. The first-order chi connectivity index (χ1) is 12.0. The maximum Gasteiger partial charge on any atom is 0.134 e. The van der Waals surface area contributed by atoms with E-state index in [1.54, 1.807) is 42.6 Å². The van der Waals surface area contributed by atoms with Crippen molar-refractivity contribution < 1.29 is 14.2 Å². The summed E-state index contributed by atoms with van der Waals surface area (Å²) in [5.74, 6) is 0.629. The number of methoxy groups -OCH3 is 1. The van der Waals surface area contributed by atoms with E-state index in [-0.39, 0.29) is 11.6 Å². The zero-order chi connectivity index (χ0) is 18.0. The van der Waals surface area contributed by atoms with E-state index in [0.29, 0.717) is 29.1 Å². The monoisotopic (exact) mass is 338 g/mol. The molecule has 128 valence electrons. The Morgan fingerprint density at radius 3 is 2.44 bits per heavy atom. The second-order valence-electron chi connectivity index (χ2n) is 5.66. The highest BCUT2D eigenvalue weighted by Gasteiger charge is 2.17. The van der Waals surface area contributed by atoms with Gasteiger partial charge in [0.15, 0.2) is 0 Å². The second kappa shape index (κ2) is 6.81. The summed E-state index contributed by atoms with van der Waals surface area (Å²) in [5.41, 5.74) is 9.75. The second-order valence-corrected chi connectivity index (χ2v) is 5.66. The van der Waals surface area contributed by atoms with Crippen molar-refractivity contribution in [3.63, 3.8) is 0 Å². The Morgan fingerprint density at radius 2 is 1.84 bits per heavy atom. The van der Waals surface area contributed by atoms with Crippen molar-refractivity contribution in [3.8, 4) is 33.8 Å². The van der Waals surface area contributed by atoms with Gasteiger partial charge in [-0.3, -0.25) is 0 Å². The fraction of sp³-hybridized carbons (Fsp3) is 0.150. The number of rotatable bonds is 4. The van der Waals surface area contributed by atoms with Crippen molar-refractivity contribution in [2.75, 3.05) is 12.8 Å². The van der Waals surface area contributed by atoms with Crippen LogP contribution in [0, 0.1) is 5.82 Å². The number of aromatic hydroxyl groups is 1. The molecular formula is C20H19FN2O2. The van der Waals surface area contributed by atoms with Crippen LogP contribution in [0.1, 0.15) is 12.5 Å². The minimum atomic E-state index is -0.378. The van der Waals surface area contributed by atoms with Gasteiger partial charge < -0.3 is 15.6 Å². The van der Waals surface area contributed by atoms with Crippen LogP contribution in [0.4, 0.5) is 10.2 Å². The van der Waals surface area contributed by atoms with Gasteiger partial charge in [-0.1, -0.05) is 19.1 Å². The van der Waals surface area contributed by atoms with Gasteiger partial charge in [0.25, 0.3) is 0 Å². The third-order valence-electron chi connectivity index (χ3n) is 4.19. The lowest BCUT2D eigenvalue weighted by Gasteiger charge is -2.16. The molecule has 0 aliphatic carbocycles. The first-order valence-electron chi connectivity index (χ1n) is 7.95. The average Bonchev–Trinajstić information content (AvgIpc) is 2.62. The van der Waals surface area contributed by atoms with E-state index in [4.69, 9.17) is 10.5 Å². The molecule has 0 atom stereocenters. The Balaban J connectivity index is 2.22. The summed E-state index contributed by atoms with van der Waals surface area (Å²) in [7, 11) is 1.50. The molecule has 1 heterocycles. The zero-order valence-electron chi connectivity index (χ0n) is 14.1. The van der Waals surface area contributed by atoms with Crippen LogP contribution in [0.5, 0.6) is 11.5 Å². The van der Waals surface area contributed by atoms with Gasteiger partial charge in [-0.15, -0.1) is 0 Å². The lowest BCUT2D eigenvalue weighted by Crippen LogP contribution is -2.02. The van der Waals surface area contributed by atoms with E-state index in [9.17, 15) is 9.50 Å². The number of hydrogen-bond donors (Lipinski definition) is 2. The number of benzene rings is 2. The minimum Gasteiger partial charge on any atom is -0.508 e. The summed E-state index contributed by atoms with van der Waals surface area (Å²) in [6.45, 7) is 1.99.